The summed E-state index contributed by atoms with van der Waals surface area (Å²) in [6.45, 7) is 0.870. The molecule has 7 heteroatoms. The van der Waals surface area contributed by atoms with Crippen LogP contribution in [0.1, 0.15) is 63.4 Å². The van der Waals surface area contributed by atoms with Gasteiger partial charge in [-0.25, -0.2) is 13.6 Å². The molecule has 0 aromatic heterocycles. The van der Waals surface area contributed by atoms with Crippen LogP contribution in [-0.4, -0.2) is 52.3 Å². The van der Waals surface area contributed by atoms with Crippen molar-refractivity contribution in [2.75, 3.05) is 6.54 Å². The monoisotopic (exact) mass is 422 g/mol. The molecule has 2 saturated heterocycles. The summed E-state index contributed by atoms with van der Waals surface area (Å²) < 4.78 is 32.1. The minimum atomic E-state index is -2.52. The first-order chi connectivity index (χ1) is 14.3. The summed E-state index contributed by atoms with van der Waals surface area (Å²) in [4.78, 5) is 14.5. The molecule has 30 heavy (non-hydrogen) atoms. The molecular weight excluding hydrogens is 390 g/mol. The zero-order chi connectivity index (χ0) is 21.2. The second-order valence-corrected chi connectivity index (χ2v) is 9.30. The molecule has 1 unspecified atom stereocenters. The van der Waals surface area contributed by atoms with Crippen LogP contribution in [0.4, 0.5) is 13.6 Å². The van der Waals surface area contributed by atoms with Crippen LogP contribution < -0.4 is 5.32 Å². The third-order valence-electron chi connectivity index (χ3n) is 7.01. The van der Waals surface area contributed by atoms with Gasteiger partial charge in [-0.3, -0.25) is 0 Å². The molecule has 1 saturated carbocycles. The molecule has 0 radical (unpaired) electrons. The number of alkyl halides is 2. The number of hydrogen-bond donors (Lipinski definition) is 2. The summed E-state index contributed by atoms with van der Waals surface area (Å²) in [6, 6.07) is 9.74. The summed E-state index contributed by atoms with van der Waals surface area (Å²) in [6.07, 6.45) is 4.02. The number of halogens is 2. The van der Waals surface area contributed by atoms with Crippen LogP contribution in [-0.2, 0) is 11.3 Å². The van der Waals surface area contributed by atoms with E-state index in [1.165, 1.54) is 0 Å². The fourth-order valence-electron chi connectivity index (χ4n) is 5.37. The quantitative estimate of drug-likeness (QED) is 0.720. The second-order valence-electron chi connectivity index (χ2n) is 9.30. The van der Waals surface area contributed by atoms with Crippen molar-refractivity contribution in [3.05, 3.63) is 35.9 Å². The maximum atomic E-state index is 13.3. The number of carbonyl (C=O) groups is 1. The number of piperidine rings is 1. The molecule has 166 valence electrons. The maximum Gasteiger partial charge on any atom is 0.410 e. The number of rotatable bonds is 6. The van der Waals surface area contributed by atoms with Gasteiger partial charge in [0.2, 0.25) is 5.92 Å². The van der Waals surface area contributed by atoms with Crippen LogP contribution in [0.2, 0.25) is 0 Å². The first kappa shape index (κ1) is 21.5. The smallest absolute Gasteiger partial charge is 0.410 e. The molecule has 1 amide bonds. The Morgan fingerprint density at radius 3 is 2.37 bits per heavy atom. The lowest BCUT2D eigenvalue weighted by atomic mass is 9.83. The van der Waals surface area contributed by atoms with E-state index in [4.69, 9.17) is 4.74 Å². The lowest BCUT2D eigenvalue weighted by Gasteiger charge is -2.43. The van der Waals surface area contributed by atoms with Gasteiger partial charge in [0, 0.05) is 31.0 Å². The molecule has 1 aliphatic carbocycles. The minimum Gasteiger partial charge on any atom is -0.445 e. The molecule has 3 atom stereocenters. The van der Waals surface area contributed by atoms with Crippen molar-refractivity contribution < 1.29 is 23.4 Å². The average molecular weight is 423 g/mol. The van der Waals surface area contributed by atoms with Crippen LogP contribution >= 0.6 is 0 Å². The largest absolute Gasteiger partial charge is 0.445 e. The van der Waals surface area contributed by atoms with E-state index < -0.39 is 11.5 Å². The van der Waals surface area contributed by atoms with E-state index in [2.05, 4.69) is 5.32 Å². The van der Waals surface area contributed by atoms with E-state index in [0.717, 1.165) is 18.4 Å². The van der Waals surface area contributed by atoms with Gasteiger partial charge in [0.1, 0.15) is 6.61 Å². The van der Waals surface area contributed by atoms with Crippen LogP contribution in [0.25, 0.3) is 0 Å². The van der Waals surface area contributed by atoms with Crippen molar-refractivity contribution in [2.45, 2.75) is 94.0 Å². The second kappa shape index (κ2) is 8.79. The van der Waals surface area contributed by atoms with Crippen molar-refractivity contribution in [1.29, 1.82) is 0 Å². The van der Waals surface area contributed by atoms with Crippen LogP contribution in [0.3, 0.4) is 0 Å². The highest BCUT2D eigenvalue weighted by Gasteiger charge is 2.49. The molecule has 0 spiro atoms. The molecule has 4 rings (SSSR count). The average Bonchev–Trinajstić information content (AvgIpc) is 3.00. The highest BCUT2D eigenvalue weighted by molar-refractivity contribution is 5.69. The topological polar surface area (TPSA) is 61.8 Å². The Morgan fingerprint density at radius 1 is 1.10 bits per heavy atom. The lowest BCUT2D eigenvalue weighted by Crippen LogP contribution is -2.54. The number of amides is 1. The Bertz CT molecular complexity index is 706. The molecule has 2 aliphatic heterocycles. The zero-order valence-electron chi connectivity index (χ0n) is 17.4. The van der Waals surface area contributed by atoms with Gasteiger partial charge in [-0.05, 0) is 57.1 Å². The Balaban J connectivity index is 1.24. The van der Waals surface area contributed by atoms with Gasteiger partial charge in [-0.2, -0.15) is 0 Å². The lowest BCUT2D eigenvalue weighted by molar-refractivity contribution is -0.0567. The van der Waals surface area contributed by atoms with Gasteiger partial charge in [-0.15, -0.1) is 0 Å². The summed E-state index contributed by atoms with van der Waals surface area (Å²) in [5.41, 5.74) is 0.145. The van der Waals surface area contributed by atoms with E-state index in [1.807, 2.05) is 35.2 Å². The van der Waals surface area contributed by atoms with Gasteiger partial charge >= 0.3 is 6.09 Å². The van der Waals surface area contributed by atoms with Crippen molar-refractivity contribution in [1.82, 2.24) is 10.2 Å². The first-order valence-electron chi connectivity index (χ1n) is 11.2. The number of fused-ring (bicyclic) bond motifs is 2. The zero-order valence-corrected chi connectivity index (χ0v) is 17.4. The summed E-state index contributed by atoms with van der Waals surface area (Å²) in [5.74, 6) is -2.52. The predicted molar refractivity (Wildman–Crippen MR) is 109 cm³/mol. The molecule has 1 aromatic rings. The third-order valence-corrected chi connectivity index (χ3v) is 7.01. The first-order valence-corrected chi connectivity index (χ1v) is 11.2. The minimum absolute atomic E-state index is 0.00500. The van der Waals surface area contributed by atoms with Crippen LogP contribution in [0, 0.1) is 0 Å². The van der Waals surface area contributed by atoms with E-state index >= 15 is 0 Å². The molecule has 2 bridgehead atoms. The van der Waals surface area contributed by atoms with E-state index in [0.29, 0.717) is 38.6 Å². The number of hydrogen-bond acceptors (Lipinski definition) is 4. The third kappa shape index (κ3) is 5.11. The number of nitrogens with zero attached hydrogens (tertiary/aromatic N) is 1. The van der Waals surface area contributed by atoms with Crippen molar-refractivity contribution in [3.63, 3.8) is 0 Å². The molecule has 1 aromatic carbocycles. The predicted octanol–water partition coefficient (Wildman–Crippen LogP) is 4.24. The van der Waals surface area contributed by atoms with Gasteiger partial charge < -0.3 is 20.1 Å². The standard InChI is InChI=1S/C23H32F2N2O3/c24-23(25)10-8-18(9-11-23)26-13-12-22(29)14-19-6-7-20(15-22)27(19)21(28)30-16-17-4-2-1-3-5-17/h1-5,18-20,26,29H,6-16H2/t19-,20+,22?. The Labute approximate surface area is 176 Å². The highest BCUT2D eigenvalue weighted by atomic mass is 19.3. The van der Waals surface area contributed by atoms with E-state index in [9.17, 15) is 18.7 Å². The number of ether oxygens (including phenoxy) is 1. The number of aliphatic hydroxyl groups is 1. The Kier molecular flexibility index (Phi) is 6.30. The molecule has 3 aliphatic rings. The molecule has 5 nitrogen and oxygen atoms in total. The number of benzene rings is 1. The highest BCUT2D eigenvalue weighted by Crippen LogP contribution is 2.42. The van der Waals surface area contributed by atoms with Crippen molar-refractivity contribution >= 4 is 6.09 Å². The molecule has 3 fully saturated rings. The molecular formula is C23H32F2N2O3. The Hall–Kier alpha value is -1.73. The van der Waals surface area contributed by atoms with E-state index in [1.54, 1.807) is 0 Å². The van der Waals surface area contributed by atoms with Gasteiger partial charge in [0.05, 0.1) is 5.60 Å². The van der Waals surface area contributed by atoms with E-state index in [-0.39, 0.29) is 43.7 Å². The molecule has 2 heterocycles. The fourth-order valence-corrected chi connectivity index (χ4v) is 5.37. The maximum absolute atomic E-state index is 13.3. The van der Waals surface area contributed by atoms with Crippen molar-refractivity contribution in [3.8, 4) is 0 Å². The summed E-state index contributed by atoms with van der Waals surface area (Å²) >= 11 is 0. The van der Waals surface area contributed by atoms with Gasteiger partial charge in [0.15, 0.2) is 0 Å². The Morgan fingerprint density at radius 2 is 1.73 bits per heavy atom. The van der Waals surface area contributed by atoms with Crippen molar-refractivity contribution in [2.24, 2.45) is 0 Å². The number of carbonyl (C=O) groups excluding carboxylic acids is 1. The summed E-state index contributed by atoms with van der Waals surface area (Å²) in [7, 11) is 0. The normalized spacial score (nSPS) is 31.0. The van der Waals surface area contributed by atoms with Gasteiger partial charge in [-0.1, -0.05) is 30.3 Å². The van der Waals surface area contributed by atoms with Crippen LogP contribution in [0.5, 0.6) is 0 Å². The van der Waals surface area contributed by atoms with Gasteiger partial charge in [0.25, 0.3) is 0 Å². The summed E-state index contributed by atoms with van der Waals surface area (Å²) in [5, 5.41) is 14.5. The fraction of sp³-hybridized carbons (Fsp3) is 0.696. The SMILES string of the molecule is O=C(OCc1ccccc1)N1[C@@H]2CC[C@H]1CC(O)(CCNC1CCC(F)(F)CC1)C2. The molecule has 2 N–H and O–H groups in total. The van der Waals surface area contributed by atoms with Crippen LogP contribution in [0.15, 0.2) is 30.3 Å². The number of nitrogens with one attached hydrogen (secondary N) is 1.